The normalized spacial score (nSPS) is 53.4. The highest BCUT2D eigenvalue weighted by molar-refractivity contribution is 7.93. The Morgan fingerprint density at radius 1 is 1.21 bits per heavy atom. The molecule has 2 aliphatic carbocycles. The van der Waals surface area contributed by atoms with Crippen LogP contribution in [0.5, 0.6) is 0 Å². The highest BCUT2D eigenvalue weighted by Crippen LogP contribution is 2.71. The molecule has 2 nitrogen and oxygen atoms in total. The maximum atomic E-state index is 11.8. The highest BCUT2D eigenvalue weighted by atomic mass is 35.5. The van der Waals surface area contributed by atoms with Crippen molar-refractivity contribution in [2.24, 2.45) is 10.8 Å². The molecular weight excluding hydrogens is 220 g/mol. The first-order valence-corrected chi connectivity index (χ1v) is 7.18. The zero-order chi connectivity index (χ0) is 10.0. The number of sulfone groups is 1. The molecule has 3 aliphatic rings. The van der Waals surface area contributed by atoms with Crippen molar-refractivity contribution in [3.63, 3.8) is 0 Å². The lowest BCUT2D eigenvalue weighted by molar-refractivity contribution is -0.0400. The van der Waals surface area contributed by atoms with Crippen molar-refractivity contribution in [3.05, 3.63) is 12.2 Å². The Balaban J connectivity index is 2.16. The minimum atomic E-state index is -3.04. The maximum absolute atomic E-state index is 11.8. The molecule has 0 aromatic heterocycles. The Kier molecular flexibility index (Phi) is 1.57. The standard InChI is InChI=1S/C10H13ClO2S/c11-8-10-4-2-1-3-9(10,5-6-10)7-14(8,12)13/h1-2,8H,3-7H2/t8-,9+,10+/m0/s1. The lowest BCUT2D eigenvalue weighted by Crippen LogP contribution is -2.53. The van der Waals surface area contributed by atoms with E-state index in [-0.39, 0.29) is 10.8 Å². The van der Waals surface area contributed by atoms with E-state index in [9.17, 15) is 8.42 Å². The van der Waals surface area contributed by atoms with Gasteiger partial charge in [0.2, 0.25) is 0 Å². The summed E-state index contributed by atoms with van der Waals surface area (Å²) in [7, 11) is -3.04. The van der Waals surface area contributed by atoms with Gasteiger partial charge in [-0.15, -0.1) is 11.6 Å². The van der Waals surface area contributed by atoms with Crippen LogP contribution in [-0.4, -0.2) is 18.9 Å². The van der Waals surface area contributed by atoms with E-state index in [0.717, 1.165) is 25.7 Å². The predicted octanol–water partition coefficient (Wildman–Crippen LogP) is 2.10. The first kappa shape index (κ1) is 9.22. The van der Waals surface area contributed by atoms with Crippen molar-refractivity contribution >= 4 is 21.4 Å². The summed E-state index contributed by atoms with van der Waals surface area (Å²) in [6, 6.07) is 0. The highest BCUT2D eigenvalue weighted by Gasteiger charge is 2.71. The van der Waals surface area contributed by atoms with Gasteiger partial charge in [-0.25, -0.2) is 8.42 Å². The Morgan fingerprint density at radius 2 is 1.93 bits per heavy atom. The molecule has 0 spiro atoms. The molecule has 0 radical (unpaired) electrons. The predicted molar refractivity (Wildman–Crippen MR) is 55.9 cm³/mol. The van der Waals surface area contributed by atoms with E-state index in [4.69, 9.17) is 11.6 Å². The minimum Gasteiger partial charge on any atom is -0.227 e. The topological polar surface area (TPSA) is 34.1 Å². The van der Waals surface area contributed by atoms with Gasteiger partial charge >= 0.3 is 0 Å². The summed E-state index contributed by atoms with van der Waals surface area (Å²) in [6.07, 6.45) is 8.04. The van der Waals surface area contributed by atoms with Gasteiger partial charge in [0.1, 0.15) is 4.71 Å². The zero-order valence-electron chi connectivity index (χ0n) is 7.87. The summed E-state index contributed by atoms with van der Waals surface area (Å²) in [5, 5.41) is 0. The number of alkyl halides is 1. The van der Waals surface area contributed by atoms with Crippen molar-refractivity contribution in [3.8, 4) is 0 Å². The van der Waals surface area contributed by atoms with Crippen LogP contribution in [0, 0.1) is 10.8 Å². The van der Waals surface area contributed by atoms with Crippen LogP contribution in [0.4, 0.5) is 0 Å². The molecule has 78 valence electrons. The van der Waals surface area contributed by atoms with Crippen molar-refractivity contribution in [1.82, 2.24) is 0 Å². The van der Waals surface area contributed by atoms with E-state index in [1.54, 1.807) is 0 Å². The fourth-order valence-corrected chi connectivity index (χ4v) is 6.79. The number of allylic oxidation sites excluding steroid dienone is 2. The van der Waals surface area contributed by atoms with Crippen LogP contribution < -0.4 is 0 Å². The van der Waals surface area contributed by atoms with E-state index >= 15 is 0 Å². The molecule has 1 saturated carbocycles. The van der Waals surface area contributed by atoms with Gasteiger partial charge in [-0.2, -0.15) is 0 Å². The molecule has 4 heteroatoms. The second kappa shape index (κ2) is 2.38. The molecule has 0 aromatic rings. The average Bonchev–Trinajstić information content (AvgIpc) is 2.23. The van der Waals surface area contributed by atoms with Gasteiger partial charge in [-0.3, -0.25) is 0 Å². The molecule has 0 amide bonds. The number of halogens is 1. The molecule has 1 aliphatic heterocycles. The van der Waals surface area contributed by atoms with Gasteiger partial charge in [0.05, 0.1) is 5.75 Å². The molecule has 3 atom stereocenters. The second-order valence-electron chi connectivity index (χ2n) is 4.94. The summed E-state index contributed by atoms with van der Waals surface area (Å²) in [4.78, 5) is 0. The molecule has 2 fully saturated rings. The monoisotopic (exact) mass is 232 g/mol. The van der Waals surface area contributed by atoms with Crippen LogP contribution in [0.2, 0.25) is 0 Å². The van der Waals surface area contributed by atoms with Crippen LogP contribution in [0.15, 0.2) is 12.2 Å². The Bertz CT molecular complexity index is 414. The number of hydrogen-bond donors (Lipinski definition) is 0. The zero-order valence-corrected chi connectivity index (χ0v) is 9.44. The molecular formula is C10H13ClO2S. The first-order valence-electron chi connectivity index (χ1n) is 5.03. The summed E-state index contributed by atoms with van der Waals surface area (Å²) < 4.78 is 23.0. The smallest absolute Gasteiger partial charge is 0.168 e. The van der Waals surface area contributed by atoms with Gasteiger partial charge in [0, 0.05) is 5.41 Å². The number of hydrogen-bond acceptors (Lipinski definition) is 2. The quantitative estimate of drug-likeness (QED) is 0.474. The van der Waals surface area contributed by atoms with E-state index < -0.39 is 14.5 Å². The van der Waals surface area contributed by atoms with Crippen LogP contribution in [0.1, 0.15) is 25.7 Å². The molecule has 0 N–H and O–H groups in total. The lowest BCUT2D eigenvalue weighted by Gasteiger charge is -2.57. The summed E-state index contributed by atoms with van der Waals surface area (Å²) >= 11 is 6.14. The fourth-order valence-electron chi connectivity index (χ4n) is 3.55. The summed E-state index contributed by atoms with van der Waals surface area (Å²) in [6.45, 7) is 0. The first-order chi connectivity index (χ1) is 6.53. The lowest BCUT2D eigenvalue weighted by atomic mass is 9.47. The molecule has 3 rings (SSSR count). The molecule has 0 aromatic carbocycles. The molecule has 1 heterocycles. The Labute approximate surface area is 89.2 Å². The summed E-state index contributed by atoms with van der Waals surface area (Å²) in [5.41, 5.74) is -0.102. The van der Waals surface area contributed by atoms with Crippen molar-refractivity contribution < 1.29 is 8.42 Å². The SMILES string of the molecule is O=S1(=O)C[C@]23CC=CC[C@@]2(CC3)[C@H]1Cl. The Hall–Kier alpha value is -0.0200. The van der Waals surface area contributed by atoms with Gasteiger partial charge in [-0.05, 0) is 31.1 Å². The third-order valence-electron chi connectivity index (χ3n) is 4.49. The maximum Gasteiger partial charge on any atom is 0.168 e. The second-order valence-corrected chi connectivity index (χ2v) is 7.72. The van der Waals surface area contributed by atoms with Crippen LogP contribution in [0.3, 0.4) is 0 Å². The van der Waals surface area contributed by atoms with Gasteiger partial charge in [0.15, 0.2) is 9.84 Å². The molecule has 14 heavy (non-hydrogen) atoms. The van der Waals surface area contributed by atoms with Gasteiger partial charge < -0.3 is 0 Å². The van der Waals surface area contributed by atoms with Crippen LogP contribution in [-0.2, 0) is 9.84 Å². The fraction of sp³-hybridized carbons (Fsp3) is 0.800. The average molecular weight is 233 g/mol. The van der Waals surface area contributed by atoms with E-state index in [1.165, 1.54) is 0 Å². The third-order valence-corrected chi connectivity index (χ3v) is 7.76. The van der Waals surface area contributed by atoms with Crippen molar-refractivity contribution in [1.29, 1.82) is 0 Å². The molecule has 0 bridgehead atoms. The minimum absolute atomic E-state index is 0.00694. The largest absolute Gasteiger partial charge is 0.227 e. The molecule has 0 unspecified atom stereocenters. The van der Waals surface area contributed by atoms with Gasteiger partial charge in [0.25, 0.3) is 0 Å². The van der Waals surface area contributed by atoms with Crippen LogP contribution >= 0.6 is 11.6 Å². The van der Waals surface area contributed by atoms with Crippen molar-refractivity contribution in [2.45, 2.75) is 30.4 Å². The van der Waals surface area contributed by atoms with E-state index in [2.05, 4.69) is 12.2 Å². The molecule has 1 saturated heterocycles. The van der Waals surface area contributed by atoms with Crippen molar-refractivity contribution in [2.75, 3.05) is 5.75 Å². The van der Waals surface area contributed by atoms with Gasteiger partial charge in [-0.1, -0.05) is 12.2 Å². The Morgan fingerprint density at radius 3 is 2.50 bits per heavy atom. The third kappa shape index (κ3) is 0.782. The van der Waals surface area contributed by atoms with E-state index in [1.807, 2.05) is 0 Å². The number of rotatable bonds is 0. The summed E-state index contributed by atoms with van der Waals surface area (Å²) in [5.74, 6) is 0.318. The van der Waals surface area contributed by atoms with Crippen LogP contribution in [0.25, 0.3) is 0 Å². The van der Waals surface area contributed by atoms with E-state index in [0.29, 0.717) is 5.75 Å².